The fourth-order valence-corrected chi connectivity index (χ4v) is 1.77. The van der Waals surface area contributed by atoms with Crippen LogP contribution in [0.1, 0.15) is 33.6 Å². The fraction of sp³-hybridized carbons (Fsp3) is 0.846. The van der Waals surface area contributed by atoms with Crippen molar-refractivity contribution in [1.29, 1.82) is 0 Å². The van der Waals surface area contributed by atoms with Crippen LogP contribution < -0.4 is 5.32 Å². The van der Waals surface area contributed by atoms with Gasteiger partial charge in [0.25, 0.3) is 0 Å². The first-order valence-corrected chi connectivity index (χ1v) is 6.47. The van der Waals surface area contributed by atoms with Gasteiger partial charge in [0.1, 0.15) is 0 Å². The molecule has 0 aliphatic carbocycles. The Kier molecular flexibility index (Phi) is 8.37. The van der Waals surface area contributed by atoms with Crippen LogP contribution in [0.4, 0.5) is 0 Å². The van der Waals surface area contributed by atoms with Crippen molar-refractivity contribution in [2.45, 2.75) is 39.7 Å². The summed E-state index contributed by atoms with van der Waals surface area (Å²) in [5, 5.41) is 2.85. The number of hydrogen-bond acceptors (Lipinski definition) is 4. The van der Waals surface area contributed by atoms with Gasteiger partial charge in [-0.3, -0.25) is 9.59 Å². The lowest BCUT2D eigenvalue weighted by Gasteiger charge is -2.28. The Hall–Kier alpha value is -1.10. The number of ether oxygens (including phenoxy) is 1. The molecule has 0 rings (SSSR count). The van der Waals surface area contributed by atoms with Gasteiger partial charge in [-0.25, -0.2) is 0 Å². The average Bonchev–Trinajstić information content (AvgIpc) is 2.26. The number of carbonyl (C=O) groups is 2. The largest absolute Gasteiger partial charge is 0.466 e. The molecule has 0 bridgehead atoms. The third kappa shape index (κ3) is 7.27. The molecule has 0 saturated carbocycles. The molecule has 0 radical (unpaired) electrons. The Morgan fingerprint density at radius 1 is 1.22 bits per heavy atom. The van der Waals surface area contributed by atoms with Crippen LogP contribution in [0.5, 0.6) is 0 Å². The van der Waals surface area contributed by atoms with E-state index >= 15 is 0 Å². The third-order valence-corrected chi connectivity index (χ3v) is 2.80. The van der Waals surface area contributed by atoms with Gasteiger partial charge in [0.15, 0.2) is 0 Å². The molecular weight excluding hydrogens is 232 g/mol. The maximum Gasteiger partial charge on any atom is 0.306 e. The number of esters is 1. The van der Waals surface area contributed by atoms with Crippen LogP contribution in [-0.2, 0) is 14.3 Å². The lowest BCUT2D eigenvalue weighted by Crippen LogP contribution is -2.43. The van der Waals surface area contributed by atoms with E-state index in [1.165, 1.54) is 0 Å². The van der Waals surface area contributed by atoms with Gasteiger partial charge in [-0.05, 0) is 26.9 Å². The number of likely N-dealkylation sites (N-methyl/N-ethyl adjacent to an activating group) is 1. The molecule has 0 spiro atoms. The molecule has 1 unspecified atom stereocenters. The minimum absolute atomic E-state index is 0.101. The highest BCUT2D eigenvalue weighted by molar-refractivity contribution is 5.81. The van der Waals surface area contributed by atoms with Crippen molar-refractivity contribution in [2.24, 2.45) is 5.92 Å². The minimum Gasteiger partial charge on any atom is -0.466 e. The molecule has 1 N–H and O–H groups in total. The average molecular weight is 258 g/mol. The van der Waals surface area contributed by atoms with Crippen molar-refractivity contribution in [3.05, 3.63) is 0 Å². The van der Waals surface area contributed by atoms with Crippen LogP contribution in [-0.4, -0.2) is 50.1 Å². The number of nitrogens with one attached hydrogen (secondary N) is 1. The van der Waals surface area contributed by atoms with E-state index in [2.05, 4.69) is 24.1 Å². The van der Waals surface area contributed by atoms with Crippen molar-refractivity contribution in [2.75, 3.05) is 27.2 Å². The van der Waals surface area contributed by atoms with Gasteiger partial charge < -0.3 is 15.0 Å². The normalized spacial score (nSPS) is 12.6. The van der Waals surface area contributed by atoms with Crippen LogP contribution in [0.3, 0.4) is 0 Å². The second kappa shape index (κ2) is 8.91. The molecule has 0 aliphatic heterocycles. The van der Waals surface area contributed by atoms with Gasteiger partial charge in [0.05, 0.1) is 13.0 Å². The maximum atomic E-state index is 11.6. The monoisotopic (exact) mass is 258 g/mol. The standard InChI is InChI=1S/C13H26N2O3/c1-6-18-13(17)8-7-12(16)14-9-11(10(2)3)15(4)5/h10-11H,6-9H2,1-5H3,(H,14,16). The summed E-state index contributed by atoms with van der Waals surface area (Å²) in [5.74, 6) is 0.0431. The summed E-state index contributed by atoms with van der Waals surface area (Å²) < 4.78 is 4.77. The summed E-state index contributed by atoms with van der Waals surface area (Å²) in [4.78, 5) is 24.7. The molecule has 0 aromatic heterocycles. The molecule has 5 heteroatoms. The topological polar surface area (TPSA) is 58.6 Å². The fourth-order valence-electron chi connectivity index (χ4n) is 1.77. The highest BCUT2D eigenvalue weighted by Gasteiger charge is 2.16. The molecule has 106 valence electrons. The Morgan fingerprint density at radius 2 is 1.83 bits per heavy atom. The Morgan fingerprint density at radius 3 is 2.28 bits per heavy atom. The second-order valence-electron chi connectivity index (χ2n) is 4.88. The van der Waals surface area contributed by atoms with Gasteiger partial charge in [0.2, 0.25) is 5.91 Å². The summed E-state index contributed by atoms with van der Waals surface area (Å²) in [6.07, 6.45) is 0.338. The summed E-state index contributed by atoms with van der Waals surface area (Å²) in [6, 6.07) is 0.302. The van der Waals surface area contributed by atoms with Crippen molar-refractivity contribution in [3.63, 3.8) is 0 Å². The second-order valence-corrected chi connectivity index (χ2v) is 4.88. The van der Waals surface area contributed by atoms with Gasteiger partial charge >= 0.3 is 5.97 Å². The van der Waals surface area contributed by atoms with Crippen LogP contribution in [0.2, 0.25) is 0 Å². The first kappa shape index (κ1) is 16.9. The van der Waals surface area contributed by atoms with E-state index in [0.29, 0.717) is 25.1 Å². The van der Waals surface area contributed by atoms with E-state index in [4.69, 9.17) is 4.74 Å². The Bertz CT molecular complexity index is 257. The smallest absolute Gasteiger partial charge is 0.306 e. The summed E-state index contributed by atoms with van der Waals surface area (Å²) in [5.41, 5.74) is 0. The van der Waals surface area contributed by atoms with E-state index in [-0.39, 0.29) is 24.7 Å². The Balaban J connectivity index is 3.91. The molecular formula is C13H26N2O3. The Labute approximate surface area is 110 Å². The maximum absolute atomic E-state index is 11.6. The summed E-state index contributed by atoms with van der Waals surface area (Å²) in [6.45, 7) is 6.95. The first-order valence-electron chi connectivity index (χ1n) is 6.47. The van der Waals surface area contributed by atoms with Crippen LogP contribution in [0.15, 0.2) is 0 Å². The molecule has 0 heterocycles. The molecule has 1 amide bonds. The van der Waals surface area contributed by atoms with Crippen LogP contribution >= 0.6 is 0 Å². The number of amides is 1. The molecule has 18 heavy (non-hydrogen) atoms. The van der Waals surface area contributed by atoms with E-state index < -0.39 is 0 Å². The van der Waals surface area contributed by atoms with E-state index in [9.17, 15) is 9.59 Å². The molecule has 1 atom stereocenters. The predicted molar refractivity (Wildman–Crippen MR) is 71.2 cm³/mol. The SMILES string of the molecule is CCOC(=O)CCC(=O)NCC(C(C)C)N(C)C. The van der Waals surface area contributed by atoms with Gasteiger partial charge in [-0.1, -0.05) is 13.8 Å². The summed E-state index contributed by atoms with van der Waals surface area (Å²) >= 11 is 0. The van der Waals surface area contributed by atoms with Gasteiger partial charge in [-0.2, -0.15) is 0 Å². The number of nitrogens with zero attached hydrogens (tertiary/aromatic N) is 1. The zero-order valence-corrected chi connectivity index (χ0v) is 12.2. The number of carbonyl (C=O) groups excluding carboxylic acids is 2. The van der Waals surface area contributed by atoms with E-state index in [0.717, 1.165) is 0 Å². The lowest BCUT2D eigenvalue weighted by atomic mass is 10.0. The van der Waals surface area contributed by atoms with Crippen molar-refractivity contribution in [1.82, 2.24) is 10.2 Å². The number of hydrogen-bond donors (Lipinski definition) is 1. The predicted octanol–water partition coefficient (Wildman–Crippen LogP) is 1.03. The van der Waals surface area contributed by atoms with Gasteiger partial charge in [0, 0.05) is 19.0 Å². The minimum atomic E-state index is -0.319. The molecule has 0 aliphatic rings. The third-order valence-electron chi connectivity index (χ3n) is 2.80. The molecule has 0 aromatic carbocycles. The van der Waals surface area contributed by atoms with Crippen molar-refractivity contribution >= 4 is 11.9 Å². The quantitative estimate of drug-likeness (QED) is 0.661. The highest BCUT2D eigenvalue weighted by atomic mass is 16.5. The molecule has 0 aromatic rings. The molecule has 0 saturated heterocycles. The number of rotatable bonds is 8. The first-order chi connectivity index (χ1) is 8.38. The zero-order chi connectivity index (χ0) is 14.1. The summed E-state index contributed by atoms with van der Waals surface area (Å²) in [7, 11) is 3.99. The van der Waals surface area contributed by atoms with Gasteiger partial charge in [-0.15, -0.1) is 0 Å². The van der Waals surface area contributed by atoms with Crippen molar-refractivity contribution in [3.8, 4) is 0 Å². The van der Waals surface area contributed by atoms with Crippen LogP contribution in [0.25, 0.3) is 0 Å². The molecule has 5 nitrogen and oxygen atoms in total. The van der Waals surface area contributed by atoms with E-state index in [1.54, 1.807) is 6.92 Å². The van der Waals surface area contributed by atoms with E-state index in [1.807, 2.05) is 14.1 Å². The highest BCUT2D eigenvalue weighted by Crippen LogP contribution is 2.06. The lowest BCUT2D eigenvalue weighted by molar-refractivity contribution is -0.144. The molecule has 0 fully saturated rings. The van der Waals surface area contributed by atoms with Crippen molar-refractivity contribution < 1.29 is 14.3 Å². The van der Waals surface area contributed by atoms with Crippen LogP contribution in [0, 0.1) is 5.92 Å². The zero-order valence-electron chi connectivity index (χ0n) is 12.2.